The van der Waals surface area contributed by atoms with Gasteiger partial charge < -0.3 is 50.5 Å². The van der Waals surface area contributed by atoms with Gasteiger partial charge in [-0.2, -0.15) is 0 Å². The minimum Gasteiger partial charge on any atom is -0.465 e. The number of amides is 4. The molecule has 2 atom stereocenters. The molecule has 0 saturated heterocycles. The molecule has 6 N–H and O–H groups in total. The molecule has 0 saturated carbocycles. The second-order valence-electron chi connectivity index (χ2n) is 27.4. The summed E-state index contributed by atoms with van der Waals surface area (Å²) in [6.45, 7) is 6.39. The number of fused-ring (bicyclic) bond motifs is 20. The van der Waals surface area contributed by atoms with Crippen LogP contribution in [-0.2, 0) is 63.8 Å². The maximum atomic E-state index is 15.2. The minimum absolute atomic E-state index is 0. The van der Waals surface area contributed by atoms with E-state index >= 15 is 19.2 Å². The van der Waals surface area contributed by atoms with Gasteiger partial charge in [-0.1, -0.05) is 135 Å². The van der Waals surface area contributed by atoms with E-state index in [1.807, 2.05) is 127 Å². The Labute approximate surface area is 641 Å². The molecule has 20 bridgehead atoms. The van der Waals surface area contributed by atoms with Crippen LogP contribution < -0.4 is 26.6 Å². The van der Waals surface area contributed by atoms with Gasteiger partial charge in [0.2, 0.25) is 0 Å². The van der Waals surface area contributed by atoms with Crippen LogP contribution in [-0.4, -0.2) is 96.4 Å². The quantitative estimate of drug-likeness (QED) is 0.0470. The van der Waals surface area contributed by atoms with Crippen LogP contribution in [0.15, 0.2) is 270 Å². The van der Waals surface area contributed by atoms with Gasteiger partial charge in [-0.15, -0.1) is 0 Å². The van der Waals surface area contributed by atoms with E-state index in [2.05, 4.69) is 31.6 Å². The van der Waals surface area contributed by atoms with Crippen molar-refractivity contribution in [3.8, 4) is 0 Å². The third-order valence-corrected chi connectivity index (χ3v) is 20.4. The van der Waals surface area contributed by atoms with Crippen LogP contribution in [0.1, 0.15) is 138 Å². The summed E-state index contributed by atoms with van der Waals surface area (Å²) < 4.78 is 22.9. The number of allylic oxidation sites excluding steroid dienone is 6. The Morgan fingerprint density at radius 2 is 0.757 bits per heavy atom. The van der Waals surface area contributed by atoms with Crippen molar-refractivity contribution in [3.05, 3.63) is 338 Å². The number of carbonyl (C=O) groups is 8. The van der Waals surface area contributed by atoms with Crippen LogP contribution in [0.25, 0.3) is 16.7 Å². The Balaban J connectivity index is 0.0000103. The predicted octanol–water partition coefficient (Wildman–Crippen LogP) is 15.4. The van der Waals surface area contributed by atoms with Crippen molar-refractivity contribution in [2.24, 2.45) is 20.8 Å². The molecule has 1 aromatic heterocycles. The average molecular weight is 1480 g/mol. The fraction of sp³-hybridized carbons (Fsp3) is 0.187. The zero-order valence-corrected chi connectivity index (χ0v) is 60.7. The predicted molar refractivity (Wildman–Crippen MR) is 428 cm³/mol. The van der Waals surface area contributed by atoms with E-state index in [4.69, 9.17) is 28.9 Å². The molecule has 20 nitrogen and oxygen atoms in total. The number of aromatic nitrogens is 1. The lowest BCUT2D eigenvalue weighted by molar-refractivity contribution is -0.173. The number of hydrogen-bond acceptors (Lipinski definition) is 15. The number of para-hydroxylation sites is 4. The van der Waals surface area contributed by atoms with Crippen LogP contribution in [0.3, 0.4) is 0 Å². The zero-order chi connectivity index (χ0) is 76.2. The summed E-state index contributed by atoms with van der Waals surface area (Å²) in [5.41, 5.74) is 7.99. The Morgan fingerprint density at radius 3 is 1.17 bits per heavy atom. The number of esters is 4. The van der Waals surface area contributed by atoms with Gasteiger partial charge in [-0.25, -0.2) is 4.99 Å². The lowest BCUT2D eigenvalue weighted by atomic mass is 9.76. The Hall–Kier alpha value is -13.6. The largest absolute Gasteiger partial charge is 0.465 e. The van der Waals surface area contributed by atoms with Crippen LogP contribution in [0, 0.1) is 10.8 Å². The first-order valence-electron chi connectivity index (χ1n) is 36.6. The number of H-pyrrole nitrogens is 1. The third-order valence-electron chi connectivity index (χ3n) is 20.4. The van der Waals surface area contributed by atoms with Crippen molar-refractivity contribution >= 4 is 98.4 Å². The van der Waals surface area contributed by atoms with Gasteiger partial charge in [0.05, 0.1) is 61.2 Å². The van der Waals surface area contributed by atoms with E-state index in [-0.39, 0.29) is 81.8 Å². The number of nitrogens with one attached hydrogen (secondary N) is 6. The van der Waals surface area contributed by atoms with Gasteiger partial charge in [-0.05, 0) is 197 Å². The Bertz CT molecular complexity index is 5550. The number of anilines is 4. The van der Waals surface area contributed by atoms with Crippen molar-refractivity contribution in [1.82, 2.24) is 10.3 Å². The summed E-state index contributed by atoms with van der Waals surface area (Å²) in [4.78, 5) is 134. The second-order valence-corrected chi connectivity index (χ2v) is 27.4. The van der Waals surface area contributed by atoms with E-state index in [1.54, 1.807) is 143 Å². The topological polar surface area (TPSA) is 274 Å². The first-order valence-corrected chi connectivity index (χ1v) is 36.6. The standard InChI is InChI=1S/C90H76N8O12.CH4/c1-5-107-85(103)89(86(104)108-6-2)49-53-21-17-25-57(45-53)81(99)95-65-33-13-9-29-61(65)77-69-37-38-70(91-69)78(62-30-10-14-34-66(62)96-82(100)58-26-18-22-54(46-58)50-89)74-42-44-76(94-74)80-64-32-12-16-36-68(64)98-84(102)60-28-20-24-56(48-60)52-90(87(105)109-7-3,88(106)110-8-4)51-55-23-19-27-59(47-55)83(101)97-67-35-15-11-31-63(67)79(71-39-40-72(80)92-71)75-43-41-73(77)93-75;/h9-48,69,77,91-92H,5-8,49-52H2,1-4H3,(H,95,99)(H,96,100)(H,97,101)(H,98,102);1H4/b78-70-,79-75-,80-76?;. The monoisotopic (exact) mass is 1480 g/mol. The Morgan fingerprint density at radius 1 is 0.396 bits per heavy atom. The number of benzene rings is 8. The lowest BCUT2D eigenvalue weighted by Gasteiger charge is -2.30. The van der Waals surface area contributed by atoms with Gasteiger partial charge >= 0.3 is 23.9 Å². The number of ether oxygens (including phenoxy) is 4. The molecular weight excluding hydrogens is 1400 g/mol. The fourth-order valence-electron chi connectivity index (χ4n) is 15.4. The summed E-state index contributed by atoms with van der Waals surface area (Å²) in [7, 11) is 0. The molecule has 0 aliphatic carbocycles. The molecule has 15 rings (SSSR count). The number of hydrogen-bond donors (Lipinski definition) is 6. The van der Waals surface area contributed by atoms with E-state index in [1.165, 1.54) is 0 Å². The highest BCUT2D eigenvalue weighted by molar-refractivity contribution is 6.33. The maximum Gasteiger partial charge on any atom is 0.324 e. The highest BCUT2D eigenvalue weighted by Crippen LogP contribution is 2.45. The lowest BCUT2D eigenvalue weighted by Crippen LogP contribution is -2.46. The summed E-state index contributed by atoms with van der Waals surface area (Å²) in [5, 5.41) is 16.8. The zero-order valence-electron chi connectivity index (χ0n) is 60.7. The first-order chi connectivity index (χ1) is 53.5. The third kappa shape index (κ3) is 14.6. The van der Waals surface area contributed by atoms with Crippen LogP contribution >= 0.6 is 0 Å². The maximum absolute atomic E-state index is 15.2. The number of rotatable bonds is 8. The van der Waals surface area contributed by atoms with Crippen molar-refractivity contribution in [3.63, 3.8) is 0 Å². The molecule has 4 amide bonds. The van der Waals surface area contributed by atoms with Crippen LogP contribution in [0.5, 0.6) is 0 Å². The fourth-order valence-corrected chi connectivity index (χ4v) is 15.4. The molecule has 0 radical (unpaired) electrons. The molecule has 111 heavy (non-hydrogen) atoms. The van der Waals surface area contributed by atoms with Crippen LogP contribution in [0.2, 0.25) is 0 Å². The summed E-state index contributed by atoms with van der Waals surface area (Å²) in [5.74, 6) is -6.09. The molecular formula is C91H80N8O12. The molecule has 9 aromatic rings. The smallest absolute Gasteiger partial charge is 0.324 e. The average Bonchev–Trinajstić information content (AvgIpc) is 1.69. The molecule has 6 aliphatic heterocycles. The van der Waals surface area contributed by atoms with E-state index < -0.39 is 70.3 Å². The number of aliphatic imine (C=N–C) groups is 2. The Kier molecular flexibility index (Phi) is 21.2. The molecule has 7 heterocycles. The first kappa shape index (κ1) is 74.2. The summed E-state index contributed by atoms with van der Waals surface area (Å²) >= 11 is 0. The molecule has 20 heteroatoms. The van der Waals surface area contributed by atoms with Crippen molar-refractivity contribution in [2.45, 2.75) is 72.8 Å². The number of carbonyl (C=O) groups excluding carboxylic acids is 8. The molecule has 0 fully saturated rings. The molecule has 6 aliphatic rings. The van der Waals surface area contributed by atoms with Crippen molar-refractivity contribution < 1.29 is 57.3 Å². The van der Waals surface area contributed by atoms with Gasteiger partial charge in [0.25, 0.3) is 23.6 Å². The second kappa shape index (κ2) is 31.7. The SMILES string of the molecule is C.CCOC(=O)C1(C(=O)OCC)Cc2cccc(c2)C(=O)Nc2ccccc2C2=C3C=CC(=N3)/C3=C4/C=CC(N4)C(C4=N/C(=C(\c5ccc2[nH]5)c2ccccc2NC(=O)c2cccc(c2)C1)C=C4)c1ccccc1NC(=O)c1cccc(c1)CC(C(=O)OCC)(C(=O)OCC)Cc1cccc(c1)C(=O)Nc1ccccc13. The van der Waals surface area contributed by atoms with Gasteiger partial charge in [-0.3, -0.25) is 43.3 Å². The van der Waals surface area contributed by atoms with Crippen LogP contribution in [0.4, 0.5) is 22.7 Å². The van der Waals surface area contributed by atoms with E-state index in [9.17, 15) is 19.2 Å². The molecule has 0 spiro atoms. The molecule has 8 aromatic carbocycles. The summed E-state index contributed by atoms with van der Waals surface area (Å²) in [6, 6.07) is 59.6. The summed E-state index contributed by atoms with van der Waals surface area (Å²) in [6.07, 6.45) is 10.7. The van der Waals surface area contributed by atoms with E-state index in [0.29, 0.717) is 124 Å². The van der Waals surface area contributed by atoms with Crippen molar-refractivity contribution in [2.75, 3.05) is 47.7 Å². The van der Waals surface area contributed by atoms with E-state index in [0.717, 1.165) is 0 Å². The highest BCUT2D eigenvalue weighted by Gasteiger charge is 2.51. The minimum atomic E-state index is -1.99. The normalized spacial score (nSPS) is 18.7. The van der Waals surface area contributed by atoms with Gasteiger partial charge in [0.15, 0.2) is 10.8 Å². The number of nitrogens with zero attached hydrogens (tertiary/aromatic N) is 2. The van der Waals surface area contributed by atoms with Gasteiger partial charge in [0.1, 0.15) is 0 Å². The molecule has 556 valence electrons. The highest BCUT2D eigenvalue weighted by atomic mass is 16.6. The van der Waals surface area contributed by atoms with Gasteiger partial charge in [0, 0.05) is 95.5 Å². The van der Waals surface area contributed by atoms with Crippen molar-refractivity contribution in [1.29, 1.82) is 0 Å². The number of aromatic amines is 1. The molecule has 2 unspecified atom stereocenters.